The van der Waals surface area contributed by atoms with Crippen LogP contribution in [0.4, 0.5) is 4.79 Å². The summed E-state index contributed by atoms with van der Waals surface area (Å²) < 4.78 is 5.16. The van der Waals surface area contributed by atoms with E-state index in [0.717, 1.165) is 0 Å². The highest BCUT2D eigenvalue weighted by Gasteiger charge is 2.35. The molecule has 0 aromatic rings. The minimum absolute atomic E-state index is 0.171. The predicted molar refractivity (Wildman–Crippen MR) is 64.7 cm³/mol. The van der Waals surface area contributed by atoms with Crippen molar-refractivity contribution >= 4 is 17.9 Å². The molecule has 0 radical (unpaired) electrons. The van der Waals surface area contributed by atoms with Gasteiger partial charge in [-0.25, -0.2) is 4.79 Å². The number of ether oxygens (including phenoxy) is 1. The van der Waals surface area contributed by atoms with Crippen LogP contribution in [0.1, 0.15) is 34.1 Å². The van der Waals surface area contributed by atoms with E-state index in [-0.39, 0.29) is 29.8 Å². The van der Waals surface area contributed by atoms with Crippen LogP contribution in [0.15, 0.2) is 0 Å². The number of esters is 1. The fraction of sp³-hybridized carbons (Fsp3) is 0.750. The van der Waals surface area contributed by atoms with Crippen LogP contribution >= 0.6 is 0 Å². The summed E-state index contributed by atoms with van der Waals surface area (Å²) in [6.45, 7) is 7.53. The van der Waals surface area contributed by atoms with E-state index in [1.54, 1.807) is 13.8 Å². The van der Waals surface area contributed by atoms with E-state index >= 15 is 0 Å². The van der Waals surface area contributed by atoms with Crippen molar-refractivity contribution in [2.75, 3.05) is 6.61 Å². The van der Waals surface area contributed by atoms with Crippen LogP contribution in [0, 0.1) is 11.3 Å². The average molecular weight is 256 g/mol. The van der Waals surface area contributed by atoms with Crippen molar-refractivity contribution in [3.8, 4) is 0 Å². The van der Waals surface area contributed by atoms with E-state index < -0.39 is 12.1 Å². The molecule has 6 heteroatoms. The number of urea groups is 1. The van der Waals surface area contributed by atoms with E-state index in [4.69, 9.17) is 4.74 Å². The van der Waals surface area contributed by atoms with Crippen LogP contribution in [-0.4, -0.2) is 30.6 Å². The Morgan fingerprint density at radius 1 is 1.39 bits per heavy atom. The second-order valence-corrected chi connectivity index (χ2v) is 5.65. The first-order valence-electron chi connectivity index (χ1n) is 5.99. The second-order valence-electron chi connectivity index (χ2n) is 5.65. The Kier molecular flexibility index (Phi) is 4.32. The largest absolute Gasteiger partial charge is 0.465 e. The van der Waals surface area contributed by atoms with E-state index in [2.05, 4.69) is 10.6 Å². The molecule has 18 heavy (non-hydrogen) atoms. The molecule has 1 unspecified atom stereocenters. The normalized spacial score (nSPS) is 19.7. The van der Waals surface area contributed by atoms with Gasteiger partial charge in [0.2, 0.25) is 0 Å². The number of hydrogen-bond donors (Lipinski definition) is 2. The Morgan fingerprint density at radius 2 is 2.00 bits per heavy atom. The molecule has 3 amide bonds. The summed E-state index contributed by atoms with van der Waals surface area (Å²) in [5.41, 5.74) is -0.371. The van der Waals surface area contributed by atoms with Gasteiger partial charge in [-0.15, -0.1) is 0 Å². The van der Waals surface area contributed by atoms with E-state index in [0.29, 0.717) is 6.42 Å². The van der Waals surface area contributed by atoms with Crippen LogP contribution < -0.4 is 10.6 Å². The zero-order chi connectivity index (χ0) is 13.9. The highest BCUT2D eigenvalue weighted by Crippen LogP contribution is 2.24. The van der Waals surface area contributed by atoms with Gasteiger partial charge in [0.1, 0.15) is 6.04 Å². The number of hydrogen-bond acceptors (Lipinski definition) is 4. The summed E-state index contributed by atoms with van der Waals surface area (Å²) in [6, 6.07) is -1.02. The van der Waals surface area contributed by atoms with E-state index in [1.165, 1.54) is 0 Å². The third kappa shape index (κ3) is 4.01. The summed E-state index contributed by atoms with van der Waals surface area (Å²) >= 11 is 0. The lowest BCUT2D eigenvalue weighted by Crippen LogP contribution is -2.36. The average Bonchev–Trinajstić information content (AvgIpc) is 2.53. The maximum absolute atomic E-state index is 11.4. The number of carbonyl (C=O) groups excluding carboxylic acids is 3. The molecule has 0 spiro atoms. The fourth-order valence-corrected chi connectivity index (χ4v) is 1.65. The molecule has 6 nitrogen and oxygen atoms in total. The molecule has 1 heterocycles. The Balaban J connectivity index is 2.47. The third-order valence-electron chi connectivity index (χ3n) is 2.69. The van der Waals surface area contributed by atoms with Gasteiger partial charge in [-0.1, -0.05) is 27.7 Å². The maximum atomic E-state index is 11.4. The Morgan fingerprint density at radius 3 is 2.44 bits per heavy atom. The number of carbonyl (C=O) groups is 3. The van der Waals surface area contributed by atoms with Crippen LogP contribution in [-0.2, 0) is 14.3 Å². The lowest BCUT2D eigenvalue weighted by molar-refractivity contribution is -0.150. The van der Waals surface area contributed by atoms with Gasteiger partial charge in [0, 0.05) is 5.41 Å². The maximum Gasteiger partial charge on any atom is 0.322 e. The van der Waals surface area contributed by atoms with Crippen molar-refractivity contribution in [2.24, 2.45) is 11.3 Å². The van der Waals surface area contributed by atoms with Gasteiger partial charge in [0.05, 0.1) is 12.5 Å². The van der Waals surface area contributed by atoms with Gasteiger partial charge in [-0.3, -0.25) is 14.9 Å². The first-order valence-corrected chi connectivity index (χ1v) is 5.99. The van der Waals surface area contributed by atoms with E-state index in [9.17, 15) is 14.4 Å². The summed E-state index contributed by atoms with van der Waals surface area (Å²) in [5, 5.41) is 4.71. The predicted octanol–water partition coefficient (Wildman–Crippen LogP) is 0.810. The van der Waals surface area contributed by atoms with Gasteiger partial charge in [0.25, 0.3) is 5.91 Å². The van der Waals surface area contributed by atoms with Crippen molar-refractivity contribution in [1.29, 1.82) is 0 Å². The summed E-state index contributed by atoms with van der Waals surface area (Å²) in [7, 11) is 0. The lowest BCUT2D eigenvalue weighted by atomic mass is 9.86. The van der Waals surface area contributed by atoms with Gasteiger partial charge in [-0.2, -0.15) is 0 Å². The summed E-state index contributed by atoms with van der Waals surface area (Å²) in [6.07, 6.45) is 0.427. The molecule has 0 saturated carbocycles. The summed E-state index contributed by atoms with van der Waals surface area (Å²) in [5.74, 6) is -0.762. The van der Waals surface area contributed by atoms with Crippen LogP contribution in [0.3, 0.4) is 0 Å². The molecule has 1 atom stereocenters. The zero-order valence-electron chi connectivity index (χ0n) is 11.2. The fourth-order valence-electron chi connectivity index (χ4n) is 1.65. The highest BCUT2D eigenvalue weighted by atomic mass is 16.5. The van der Waals surface area contributed by atoms with Gasteiger partial charge >= 0.3 is 12.0 Å². The molecule has 1 fully saturated rings. The van der Waals surface area contributed by atoms with Crippen LogP contribution in [0.2, 0.25) is 0 Å². The third-order valence-corrected chi connectivity index (χ3v) is 2.69. The van der Waals surface area contributed by atoms with Gasteiger partial charge < -0.3 is 10.1 Å². The SMILES string of the molecule is CC(C)C(=O)OCC(C)(C)CC1NC(=O)NC1=O. The Bertz CT molecular complexity index is 363. The number of nitrogens with one attached hydrogen (secondary N) is 2. The molecule has 1 aliphatic rings. The van der Waals surface area contributed by atoms with Crippen LogP contribution in [0.5, 0.6) is 0 Å². The Hall–Kier alpha value is -1.59. The molecule has 1 rings (SSSR count). The molecule has 0 aliphatic carbocycles. The van der Waals surface area contributed by atoms with Crippen molar-refractivity contribution < 1.29 is 19.1 Å². The molecule has 2 N–H and O–H groups in total. The number of amides is 3. The van der Waals surface area contributed by atoms with Crippen LogP contribution in [0.25, 0.3) is 0 Å². The molecule has 0 bridgehead atoms. The smallest absolute Gasteiger partial charge is 0.322 e. The molecule has 102 valence electrons. The zero-order valence-corrected chi connectivity index (χ0v) is 11.2. The first kappa shape index (κ1) is 14.5. The standard InChI is InChI=1S/C12H20N2O4/c1-7(2)10(16)18-6-12(3,4)5-8-9(15)14-11(17)13-8/h7-8H,5-6H2,1-4H3,(H2,13,14,15,17). The minimum Gasteiger partial charge on any atom is -0.465 e. The van der Waals surface area contributed by atoms with Crippen molar-refractivity contribution in [2.45, 2.75) is 40.2 Å². The molecular formula is C12H20N2O4. The molecule has 0 aromatic carbocycles. The van der Waals surface area contributed by atoms with Gasteiger partial charge in [-0.05, 0) is 6.42 Å². The minimum atomic E-state index is -0.551. The lowest BCUT2D eigenvalue weighted by Gasteiger charge is -2.26. The highest BCUT2D eigenvalue weighted by molar-refractivity contribution is 6.04. The quantitative estimate of drug-likeness (QED) is 0.563. The number of rotatable bonds is 5. The first-order chi connectivity index (χ1) is 8.21. The second kappa shape index (κ2) is 5.37. The van der Waals surface area contributed by atoms with Crippen molar-refractivity contribution in [1.82, 2.24) is 10.6 Å². The van der Waals surface area contributed by atoms with Crippen molar-refractivity contribution in [3.63, 3.8) is 0 Å². The monoisotopic (exact) mass is 256 g/mol. The summed E-state index contributed by atoms with van der Waals surface area (Å²) in [4.78, 5) is 33.8. The molecule has 1 aliphatic heterocycles. The molecular weight excluding hydrogens is 236 g/mol. The number of imide groups is 1. The topological polar surface area (TPSA) is 84.5 Å². The molecule has 0 aromatic heterocycles. The van der Waals surface area contributed by atoms with E-state index in [1.807, 2.05) is 13.8 Å². The van der Waals surface area contributed by atoms with Crippen molar-refractivity contribution in [3.05, 3.63) is 0 Å². The van der Waals surface area contributed by atoms with Gasteiger partial charge in [0.15, 0.2) is 0 Å². The Labute approximate surface area is 106 Å². The molecule has 1 saturated heterocycles.